The van der Waals surface area contributed by atoms with Crippen molar-refractivity contribution < 1.29 is 4.92 Å². The number of hydrogen-bond donors (Lipinski definition) is 1. The Morgan fingerprint density at radius 2 is 2.24 bits per heavy atom. The molecule has 2 aliphatic carbocycles. The third-order valence-electron chi connectivity index (χ3n) is 5.23. The quantitative estimate of drug-likeness (QED) is 0.647. The molecule has 1 aromatic heterocycles. The molecule has 3 rings (SSSR count). The second-order valence-electron chi connectivity index (χ2n) is 6.46. The number of rotatable bonds is 4. The highest BCUT2D eigenvalue weighted by Crippen LogP contribution is 2.50. The van der Waals surface area contributed by atoms with Crippen molar-refractivity contribution in [3.8, 4) is 0 Å². The summed E-state index contributed by atoms with van der Waals surface area (Å²) >= 11 is 3.45. The highest BCUT2D eigenvalue weighted by molar-refractivity contribution is 9.10. The Morgan fingerprint density at radius 3 is 2.81 bits per heavy atom. The smallest absolute Gasteiger partial charge is 0.291 e. The monoisotopic (exact) mass is 353 g/mol. The Hall–Kier alpha value is -1.17. The number of anilines is 1. The van der Waals surface area contributed by atoms with Gasteiger partial charge in [-0.1, -0.05) is 6.42 Å². The predicted octanol–water partition coefficient (Wildman–Crippen LogP) is 4.30. The maximum atomic E-state index is 10.9. The fraction of sp³-hybridized carbons (Fsp3) is 0.667. The molecule has 21 heavy (non-hydrogen) atoms. The van der Waals surface area contributed by atoms with Crippen molar-refractivity contribution in [2.24, 2.45) is 17.8 Å². The lowest BCUT2D eigenvalue weighted by molar-refractivity contribution is -0.385. The summed E-state index contributed by atoms with van der Waals surface area (Å²) in [5, 5.41) is 14.4. The Labute approximate surface area is 132 Å². The third-order valence-corrected chi connectivity index (χ3v) is 6.20. The van der Waals surface area contributed by atoms with Crippen molar-refractivity contribution in [2.75, 3.05) is 5.32 Å². The summed E-state index contributed by atoms with van der Waals surface area (Å²) in [7, 11) is 0. The molecule has 6 heteroatoms. The van der Waals surface area contributed by atoms with Crippen molar-refractivity contribution in [2.45, 2.75) is 45.6 Å². The van der Waals surface area contributed by atoms with Crippen molar-refractivity contribution in [3.63, 3.8) is 0 Å². The summed E-state index contributed by atoms with van der Waals surface area (Å²) in [5.74, 6) is 3.18. The van der Waals surface area contributed by atoms with E-state index < -0.39 is 4.92 Å². The molecule has 0 saturated heterocycles. The molecule has 0 spiro atoms. The van der Waals surface area contributed by atoms with E-state index in [0.717, 1.165) is 11.8 Å². The van der Waals surface area contributed by atoms with E-state index in [1.807, 2.05) is 0 Å². The van der Waals surface area contributed by atoms with Crippen LogP contribution in [0.2, 0.25) is 0 Å². The zero-order chi connectivity index (χ0) is 15.1. The lowest BCUT2D eigenvalue weighted by Gasteiger charge is -2.29. The second kappa shape index (κ2) is 5.55. The fourth-order valence-corrected chi connectivity index (χ4v) is 4.50. The van der Waals surface area contributed by atoms with Crippen LogP contribution in [0.5, 0.6) is 0 Å². The second-order valence-corrected chi connectivity index (χ2v) is 7.25. The summed E-state index contributed by atoms with van der Waals surface area (Å²) in [6, 6.07) is 0.352. The Kier molecular flexibility index (Phi) is 3.90. The van der Waals surface area contributed by atoms with E-state index in [4.69, 9.17) is 0 Å². The van der Waals surface area contributed by atoms with Gasteiger partial charge >= 0.3 is 0 Å². The van der Waals surface area contributed by atoms with Gasteiger partial charge in [-0.3, -0.25) is 10.1 Å². The average molecular weight is 354 g/mol. The van der Waals surface area contributed by atoms with E-state index in [2.05, 4.69) is 33.2 Å². The maximum absolute atomic E-state index is 10.9. The summed E-state index contributed by atoms with van der Waals surface area (Å²) in [6.07, 6.45) is 6.78. The summed E-state index contributed by atoms with van der Waals surface area (Å²) in [5.41, 5.74) is 0.678. The van der Waals surface area contributed by atoms with Crippen LogP contribution in [0.15, 0.2) is 10.7 Å². The summed E-state index contributed by atoms with van der Waals surface area (Å²) in [6.45, 7) is 3.95. The number of hydrogen-bond acceptors (Lipinski definition) is 4. The molecular formula is C15H20BrN3O2. The number of nitrogens with one attached hydrogen (secondary N) is 1. The predicted molar refractivity (Wildman–Crippen MR) is 85.4 cm³/mol. The lowest BCUT2D eigenvalue weighted by Crippen LogP contribution is -2.30. The van der Waals surface area contributed by atoms with Crippen molar-refractivity contribution >= 4 is 27.4 Å². The van der Waals surface area contributed by atoms with Crippen LogP contribution in [0.25, 0.3) is 0 Å². The number of aromatic nitrogens is 1. The first-order chi connectivity index (χ1) is 9.97. The Bertz CT molecular complexity index is 578. The third kappa shape index (κ3) is 2.65. The molecule has 4 unspecified atom stereocenters. The molecule has 1 heterocycles. The highest BCUT2D eigenvalue weighted by atomic mass is 79.9. The minimum absolute atomic E-state index is 0.0556. The minimum Gasteiger partial charge on any atom is -0.366 e. The number of pyridine rings is 1. The van der Waals surface area contributed by atoms with Gasteiger partial charge in [-0.15, -0.1) is 0 Å². The first kappa shape index (κ1) is 14.8. The van der Waals surface area contributed by atoms with E-state index in [1.54, 1.807) is 6.92 Å². The molecule has 4 atom stereocenters. The van der Waals surface area contributed by atoms with Gasteiger partial charge in [-0.25, -0.2) is 4.98 Å². The van der Waals surface area contributed by atoms with Crippen molar-refractivity contribution in [1.29, 1.82) is 0 Å². The molecule has 2 bridgehead atoms. The van der Waals surface area contributed by atoms with E-state index in [0.29, 0.717) is 27.8 Å². The fourth-order valence-electron chi connectivity index (χ4n) is 4.08. The van der Waals surface area contributed by atoms with Crippen LogP contribution in [0.4, 0.5) is 11.5 Å². The zero-order valence-electron chi connectivity index (χ0n) is 12.3. The van der Waals surface area contributed by atoms with Gasteiger partial charge in [0.2, 0.25) is 0 Å². The van der Waals surface area contributed by atoms with E-state index in [9.17, 15) is 10.1 Å². The van der Waals surface area contributed by atoms with E-state index >= 15 is 0 Å². The normalized spacial score (nSPS) is 28.6. The first-order valence-electron chi connectivity index (χ1n) is 7.53. The van der Waals surface area contributed by atoms with E-state index in [-0.39, 0.29) is 5.69 Å². The van der Waals surface area contributed by atoms with Gasteiger partial charge in [0.05, 0.1) is 9.40 Å². The molecule has 0 aromatic carbocycles. The lowest BCUT2D eigenvalue weighted by atomic mass is 9.84. The topological polar surface area (TPSA) is 68.1 Å². The SMILES string of the molecule is Cc1c([N+](=O)[O-])cnc(NC(C)C2CC3CCC2C3)c1Br. The Balaban J connectivity index is 1.76. The molecular weight excluding hydrogens is 334 g/mol. The van der Waals surface area contributed by atoms with Crippen LogP contribution in [0.1, 0.15) is 38.2 Å². The molecule has 2 saturated carbocycles. The van der Waals surface area contributed by atoms with Crippen LogP contribution in [0, 0.1) is 34.8 Å². The van der Waals surface area contributed by atoms with Crippen molar-refractivity contribution in [1.82, 2.24) is 4.98 Å². The van der Waals surface area contributed by atoms with Gasteiger partial charge < -0.3 is 5.32 Å². The molecule has 2 fully saturated rings. The molecule has 5 nitrogen and oxygen atoms in total. The van der Waals surface area contributed by atoms with Crippen LogP contribution < -0.4 is 5.32 Å². The first-order valence-corrected chi connectivity index (χ1v) is 8.32. The van der Waals surface area contributed by atoms with Gasteiger partial charge in [0.15, 0.2) is 0 Å². The number of fused-ring (bicyclic) bond motifs is 2. The summed E-state index contributed by atoms with van der Waals surface area (Å²) in [4.78, 5) is 14.8. The number of nitrogens with zero attached hydrogens (tertiary/aromatic N) is 2. The van der Waals surface area contributed by atoms with Crippen LogP contribution >= 0.6 is 15.9 Å². The number of nitro groups is 1. The van der Waals surface area contributed by atoms with Gasteiger partial charge in [0.25, 0.3) is 5.69 Å². The molecule has 2 aliphatic rings. The molecule has 0 radical (unpaired) electrons. The zero-order valence-corrected chi connectivity index (χ0v) is 13.9. The van der Waals surface area contributed by atoms with Crippen LogP contribution in [-0.2, 0) is 0 Å². The molecule has 1 aromatic rings. The van der Waals surface area contributed by atoms with Gasteiger partial charge in [0.1, 0.15) is 12.0 Å². The minimum atomic E-state index is -0.393. The largest absolute Gasteiger partial charge is 0.366 e. The van der Waals surface area contributed by atoms with Gasteiger partial charge in [-0.2, -0.15) is 0 Å². The van der Waals surface area contributed by atoms with Crippen molar-refractivity contribution in [3.05, 3.63) is 26.3 Å². The maximum Gasteiger partial charge on any atom is 0.291 e. The van der Waals surface area contributed by atoms with Gasteiger partial charge in [-0.05, 0) is 66.8 Å². The molecule has 0 aliphatic heterocycles. The summed E-state index contributed by atoms with van der Waals surface area (Å²) < 4.78 is 0.701. The van der Waals surface area contributed by atoms with E-state index in [1.165, 1.54) is 31.9 Å². The van der Waals surface area contributed by atoms with Crippen LogP contribution in [-0.4, -0.2) is 15.9 Å². The average Bonchev–Trinajstić information content (AvgIpc) is 3.06. The van der Waals surface area contributed by atoms with Gasteiger partial charge in [0, 0.05) is 11.6 Å². The standard InChI is InChI=1S/C15H20BrN3O2/c1-8-13(19(20)21)7-17-15(14(8)16)18-9(2)12-6-10-3-4-11(12)5-10/h7,9-12H,3-6H2,1-2H3,(H,17,18). The molecule has 0 amide bonds. The highest BCUT2D eigenvalue weighted by Gasteiger charge is 2.42. The molecule has 114 valence electrons. The Morgan fingerprint density at radius 1 is 1.48 bits per heavy atom. The number of halogens is 1. The molecule has 1 N–H and O–H groups in total. The van der Waals surface area contributed by atoms with Crippen LogP contribution in [0.3, 0.4) is 0 Å².